The number of imide groups is 1. The molecule has 5 heteroatoms. The molecular weight excluding hydrogens is 304 g/mol. The lowest BCUT2D eigenvalue weighted by Crippen LogP contribution is -2.46. The maximum atomic E-state index is 12.4. The first-order chi connectivity index (χ1) is 11.5. The van der Waals surface area contributed by atoms with Crippen molar-refractivity contribution in [3.63, 3.8) is 0 Å². The Kier molecular flexibility index (Phi) is 3.08. The summed E-state index contributed by atoms with van der Waals surface area (Å²) in [4.78, 5) is 24.0. The van der Waals surface area contributed by atoms with Gasteiger partial charge in [0.05, 0.1) is 0 Å². The SMILES string of the molecule is O=C1NC(=O)[C@@]2(C=C(c3ccccc3)[C@](O)(c3ccccc3)C2)N1. The normalized spacial score (nSPS) is 28.6. The van der Waals surface area contributed by atoms with Crippen molar-refractivity contribution >= 4 is 17.5 Å². The quantitative estimate of drug-likeness (QED) is 0.740. The lowest BCUT2D eigenvalue weighted by atomic mass is 9.82. The zero-order valence-electron chi connectivity index (χ0n) is 12.8. The molecule has 1 fully saturated rings. The van der Waals surface area contributed by atoms with Crippen molar-refractivity contribution in [2.45, 2.75) is 17.6 Å². The second-order valence-electron chi connectivity index (χ2n) is 6.21. The summed E-state index contributed by atoms with van der Waals surface area (Å²) in [5.74, 6) is -0.437. The summed E-state index contributed by atoms with van der Waals surface area (Å²) in [6, 6.07) is 18.1. The van der Waals surface area contributed by atoms with Crippen LogP contribution in [0.25, 0.3) is 5.57 Å². The van der Waals surface area contributed by atoms with E-state index in [-0.39, 0.29) is 6.42 Å². The minimum absolute atomic E-state index is 0.0613. The molecule has 0 saturated carbocycles. The summed E-state index contributed by atoms with van der Waals surface area (Å²) in [6.45, 7) is 0. The van der Waals surface area contributed by atoms with Crippen LogP contribution in [0.5, 0.6) is 0 Å². The first-order valence-electron chi connectivity index (χ1n) is 7.74. The standard InChI is InChI=1S/C19H16N2O3/c22-16-18(21-17(23)20-16)11-15(13-7-3-1-4-8-13)19(24,12-18)14-9-5-2-6-10-14/h1-11,24H,12H2,(H2,20,21,22,23)/t18-,19+/m0/s1. The van der Waals surface area contributed by atoms with E-state index in [4.69, 9.17) is 0 Å². The number of hydrogen-bond donors (Lipinski definition) is 3. The van der Waals surface area contributed by atoms with E-state index in [2.05, 4.69) is 10.6 Å². The fourth-order valence-electron chi connectivity index (χ4n) is 3.56. The molecule has 2 aromatic rings. The molecule has 120 valence electrons. The average Bonchev–Trinajstić information content (AvgIpc) is 3.05. The summed E-state index contributed by atoms with van der Waals surface area (Å²) in [7, 11) is 0. The molecule has 1 spiro atoms. The lowest BCUT2D eigenvalue weighted by molar-refractivity contribution is -0.123. The van der Waals surface area contributed by atoms with Gasteiger partial charge in [-0.05, 0) is 22.8 Å². The zero-order valence-corrected chi connectivity index (χ0v) is 12.8. The molecule has 4 rings (SSSR count). The van der Waals surface area contributed by atoms with E-state index < -0.39 is 23.1 Å². The topological polar surface area (TPSA) is 78.4 Å². The van der Waals surface area contributed by atoms with Crippen LogP contribution in [0.15, 0.2) is 66.7 Å². The second kappa shape index (κ2) is 5.04. The molecule has 2 aliphatic rings. The molecule has 24 heavy (non-hydrogen) atoms. The van der Waals surface area contributed by atoms with Gasteiger partial charge in [0.25, 0.3) is 5.91 Å². The van der Waals surface area contributed by atoms with Crippen LogP contribution in [0.1, 0.15) is 17.5 Å². The molecule has 0 radical (unpaired) electrons. The smallest absolute Gasteiger partial charge is 0.322 e. The lowest BCUT2D eigenvalue weighted by Gasteiger charge is -2.29. The van der Waals surface area contributed by atoms with Crippen molar-refractivity contribution in [3.8, 4) is 0 Å². The van der Waals surface area contributed by atoms with Gasteiger partial charge in [-0.25, -0.2) is 4.79 Å². The number of carbonyl (C=O) groups excluding carboxylic acids is 2. The van der Waals surface area contributed by atoms with E-state index >= 15 is 0 Å². The molecule has 1 saturated heterocycles. The molecule has 2 atom stereocenters. The van der Waals surface area contributed by atoms with Crippen molar-refractivity contribution < 1.29 is 14.7 Å². The molecule has 2 aromatic carbocycles. The van der Waals surface area contributed by atoms with Gasteiger partial charge in [0.2, 0.25) is 0 Å². The van der Waals surface area contributed by atoms with Crippen LogP contribution in [0.3, 0.4) is 0 Å². The zero-order chi connectivity index (χ0) is 16.8. The summed E-state index contributed by atoms with van der Waals surface area (Å²) >= 11 is 0. The third-order valence-corrected chi connectivity index (χ3v) is 4.68. The molecule has 3 amide bonds. The van der Waals surface area contributed by atoms with Gasteiger partial charge in [0, 0.05) is 6.42 Å². The number of amides is 3. The Bertz CT molecular complexity index is 847. The summed E-state index contributed by atoms with van der Waals surface area (Å²) in [5.41, 5.74) is -0.475. The number of urea groups is 1. The summed E-state index contributed by atoms with van der Waals surface area (Å²) in [6.07, 6.45) is 1.74. The van der Waals surface area contributed by atoms with Crippen molar-refractivity contribution in [3.05, 3.63) is 77.9 Å². The van der Waals surface area contributed by atoms with Crippen LogP contribution < -0.4 is 10.6 Å². The van der Waals surface area contributed by atoms with E-state index in [1.165, 1.54) is 0 Å². The fourth-order valence-corrected chi connectivity index (χ4v) is 3.56. The Morgan fingerprint density at radius 1 is 0.917 bits per heavy atom. The molecule has 1 aliphatic heterocycles. The van der Waals surface area contributed by atoms with Crippen LogP contribution in [0, 0.1) is 0 Å². The predicted octanol–water partition coefficient (Wildman–Crippen LogP) is 1.94. The molecule has 1 heterocycles. The van der Waals surface area contributed by atoms with Gasteiger partial charge >= 0.3 is 6.03 Å². The number of benzene rings is 2. The second-order valence-corrected chi connectivity index (χ2v) is 6.21. The van der Waals surface area contributed by atoms with Crippen molar-refractivity contribution in [2.24, 2.45) is 0 Å². The molecule has 0 bridgehead atoms. The number of carbonyl (C=O) groups is 2. The van der Waals surface area contributed by atoms with Crippen LogP contribution in [-0.4, -0.2) is 22.6 Å². The van der Waals surface area contributed by atoms with Crippen molar-refractivity contribution in [2.75, 3.05) is 0 Å². The van der Waals surface area contributed by atoms with Crippen LogP contribution in [0.4, 0.5) is 4.79 Å². The van der Waals surface area contributed by atoms with E-state index in [1.807, 2.05) is 60.7 Å². The first-order valence-corrected chi connectivity index (χ1v) is 7.74. The predicted molar refractivity (Wildman–Crippen MR) is 88.8 cm³/mol. The molecule has 1 aliphatic carbocycles. The maximum absolute atomic E-state index is 12.4. The Hall–Kier alpha value is -2.92. The van der Waals surface area contributed by atoms with Crippen molar-refractivity contribution in [1.29, 1.82) is 0 Å². The number of nitrogens with one attached hydrogen (secondary N) is 2. The summed E-state index contributed by atoms with van der Waals surface area (Å²) in [5, 5.41) is 16.4. The highest BCUT2D eigenvalue weighted by molar-refractivity contribution is 6.10. The van der Waals surface area contributed by atoms with E-state index in [0.29, 0.717) is 11.1 Å². The molecule has 5 nitrogen and oxygen atoms in total. The Balaban J connectivity index is 1.90. The van der Waals surface area contributed by atoms with Crippen LogP contribution in [0.2, 0.25) is 0 Å². The third-order valence-electron chi connectivity index (χ3n) is 4.68. The van der Waals surface area contributed by atoms with Gasteiger partial charge in [-0.2, -0.15) is 0 Å². The molecule has 0 aromatic heterocycles. The molecular formula is C19H16N2O3. The number of aliphatic hydroxyl groups is 1. The highest BCUT2D eigenvalue weighted by Gasteiger charge is 2.56. The Morgan fingerprint density at radius 3 is 2.12 bits per heavy atom. The first kappa shape index (κ1) is 14.7. The average molecular weight is 320 g/mol. The largest absolute Gasteiger partial charge is 0.380 e. The maximum Gasteiger partial charge on any atom is 0.322 e. The van der Waals surface area contributed by atoms with Gasteiger partial charge in [0.1, 0.15) is 11.1 Å². The summed E-state index contributed by atoms with van der Waals surface area (Å²) < 4.78 is 0. The van der Waals surface area contributed by atoms with Crippen LogP contribution in [-0.2, 0) is 10.4 Å². The fraction of sp³-hybridized carbons (Fsp3) is 0.158. The van der Waals surface area contributed by atoms with Gasteiger partial charge in [-0.1, -0.05) is 60.7 Å². The minimum Gasteiger partial charge on any atom is -0.380 e. The van der Waals surface area contributed by atoms with E-state index in [0.717, 1.165) is 5.56 Å². The van der Waals surface area contributed by atoms with Gasteiger partial charge in [-0.15, -0.1) is 0 Å². The van der Waals surface area contributed by atoms with Gasteiger partial charge in [-0.3, -0.25) is 10.1 Å². The van der Waals surface area contributed by atoms with Crippen molar-refractivity contribution in [1.82, 2.24) is 10.6 Å². The van der Waals surface area contributed by atoms with Crippen LogP contribution >= 0.6 is 0 Å². The molecule has 3 N–H and O–H groups in total. The van der Waals surface area contributed by atoms with E-state index in [1.54, 1.807) is 6.08 Å². The Labute approximate surface area is 139 Å². The number of hydrogen-bond acceptors (Lipinski definition) is 3. The molecule has 0 unspecified atom stereocenters. The highest BCUT2D eigenvalue weighted by Crippen LogP contribution is 2.49. The van der Waals surface area contributed by atoms with Gasteiger partial charge < -0.3 is 10.4 Å². The monoisotopic (exact) mass is 320 g/mol. The Morgan fingerprint density at radius 2 is 1.54 bits per heavy atom. The third kappa shape index (κ3) is 2.06. The minimum atomic E-state index is -1.36. The highest BCUT2D eigenvalue weighted by atomic mass is 16.3. The van der Waals surface area contributed by atoms with Gasteiger partial charge in [0.15, 0.2) is 0 Å². The van der Waals surface area contributed by atoms with E-state index in [9.17, 15) is 14.7 Å². The number of rotatable bonds is 2.